The van der Waals surface area contributed by atoms with Gasteiger partial charge >= 0.3 is 20.2 Å². The van der Waals surface area contributed by atoms with Crippen molar-refractivity contribution >= 4 is 42.8 Å². The van der Waals surface area contributed by atoms with Crippen LogP contribution in [0.25, 0.3) is 0 Å². The molecular weight excluding hydrogens is 454 g/mol. The van der Waals surface area contributed by atoms with Crippen LogP contribution >= 0.6 is 0 Å². The van der Waals surface area contributed by atoms with E-state index in [0.717, 1.165) is 17.0 Å². The first-order chi connectivity index (χ1) is 16.2. The van der Waals surface area contributed by atoms with Crippen molar-refractivity contribution in [3.8, 4) is 0 Å². The lowest BCUT2D eigenvalue weighted by Crippen LogP contribution is -2.38. The number of carboxylic acid groups (broad SMARTS) is 1. The minimum absolute atomic E-state index is 0.00187. The highest BCUT2D eigenvalue weighted by molar-refractivity contribution is 6.62. The van der Waals surface area contributed by atoms with Gasteiger partial charge in [-0.3, -0.25) is 14.4 Å². The van der Waals surface area contributed by atoms with Crippen LogP contribution in [0, 0.1) is 11.6 Å². The van der Waals surface area contributed by atoms with Gasteiger partial charge in [0, 0.05) is 13.0 Å². The smallest absolute Gasteiger partial charge is 0.480 e. The summed E-state index contributed by atoms with van der Waals surface area (Å²) in [5.74, 6) is -4.56. The third-order valence-corrected chi connectivity index (χ3v) is 5.76. The number of halogens is 2. The Morgan fingerprint density at radius 1 is 0.912 bits per heavy atom. The Morgan fingerprint density at radius 2 is 1.44 bits per heavy atom. The number of carbonyl (C=O) groups excluding carboxylic acids is 2. The van der Waals surface area contributed by atoms with Gasteiger partial charge in [-0.15, -0.1) is 0 Å². The molecule has 9 nitrogen and oxygen atoms in total. The molecule has 0 spiro atoms. The van der Waals surface area contributed by atoms with Crippen LogP contribution in [-0.4, -0.2) is 65.0 Å². The van der Waals surface area contributed by atoms with Crippen LogP contribution in [0.1, 0.15) is 44.7 Å². The molecule has 2 aromatic rings. The normalized spacial score (nSPS) is 14.2. The summed E-state index contributed by atoms with van der Waals surface area (Å²) < 4.78 is 38.9. The fraction of sp³-hybridized carbons (Fsp3) is 0.286. The molecule has 1 amide bonds. The molecule has 0 saturated heterocycles. The van der Waals surface area contributed by atoms with Crippen LogP contribution in [0.5, 0.6) is 0 Å². The molecule has 2 heterocycles. The van der Waals surface area contributed by atoms with E-state index in [4.69, 9.17) is 9.31 Å². The Morgan fingerprint density at radius 3 is 2.00 bits per heavy atom. The third-order valence-electron chi connectivity index (χ3n) is 5.76. The number of nitrogens with zero attached hydrogens (tertiary/aromatic N) is 1. The maximum atomic E-state index is 14.5. The summed E-state index contributed by atoms with van der Waals surface area (Å²) in [5.41, 5.74) is 0.758. The molecule has 4 rings (SSSR count). The van der Waals surface area contributed by atoms with E-state index in [-0.39, 0.29) is 54.7 Å². The van der Waals surface area contributed by atoms with E-state index in [9.17, 15) is 38.3 Å². The van der Waals surface area contributed by atoms with Crippen LogP contribution in [0.3, 0.4) is 0 Å². The number of hydrogen-bond acceptors (Lipinski definition) is 7. The van der Waals surface area contributed by atoms with E-state index in [0.29, 0.717) is 11.1 Å². The van der Waals surface area contributed by atoms with Gasteiger partial charge in [0.1, 0.15) is 18.2 Å². The molecule has 2 aromatic carbocycles. The molecule has 0 aliphatic carbocycles. The first-order valence-corrected chi connectivity index (χ1v) is 10.4. The fourth-order valence-electron chi connectivity index (χ4n) is 4.02. The summed E-state index contributed by atoms with van der Waals surface area (Å²) in [4.78, 5) is 37.6. The van der Waals surface area contributed by atoms with E-state index in [1.54, 1.807) is 0 Å². The van der Waals surface area contributed by atoms with Crippen molar-refractivity contribution in [3.63, 3.8) is 0 Å². The molecule has 34 heavy (non-hydrogen) atoms. The quantitative estimate of drug-likeness (QED) is 0.349. The van der Waals surface area contributed by atoms with Gasteiger partial charge in [0.15, 0.2) is 5.78 Å². The molecule has 0 saturated carbocycles. The Balaban J connectivity index is 1.45. The van der Waals surface area contributed by atoms with Crippen LogP contribution in [0.15, 0.2) is 24.3 Å². The van der Waals surface area contributed by atoms with Crippen molar-refractivity contribution in [2.45, 2.75) is 26.1 Å². The van der Waals surface area contributed by atoms with Gasteiger partial charge in [-0.25, -0.2) is 8.78 Å². The zero-order valence-corrected chi connectivity index (χ0v) is 17.8. The standard InChI is InChI=1S/C21H19B2F2NO8/c24-17-6-15-11(9-33-22(15)31)4-13(17)19(27)2-1-3-26(8-20(28)29)21(30)14-5-12-10-34-23(32)16(12)7-18(14)25/h4-7,31-32H,1-3,8-10H2,(H,28,29). The van der Waals surface area contributed by atoms with Crippen molar-refractivity contribution in [2.75, 3.05) is 13.1 Å². The zero-order chi connectivity index (χ0) is 24.6. The maximum absolute atomic E-state index is 14.5. The summed E-state index contributed by atoms with van der Waals surface area (Å²) in [6.45, 7) is -0.919. The second-order valence-electron chi connectivity index (χ2n) is 8.04. The molecular formula is C21H19B2F2NO8. The number of aliphatic carboxylic acids is 1. The van der Waals surface area contributed by atoms with Crippen LogP contribution in [-0.2, 0) is 27.3 Å². The number of benzene rings is 2. The molecule has 176 valence electrons. The monoisotopic (exact) mass is 473 g/mol. The van der Waals surface area contributed by atoms with E-state index in [1.165, 1.54) is 12.1 Å². The van der Waals surface area contributed by atoms with Crippen LogP contribution in [0.4, 0.5) is 8.78 Å². The van der Waals surface area contributed by atoms with Crippen molar-refractivity contribution in [3.05, 3.63) is 58.2 Å². The van der Waals surface area contributed by atoms with E-state index in [2.05, 4.69) is 0 Å². The van der Waals surface area contributed by atoms with Gasteiger partial charge in [0.25, 0.3) is 5.91 Å². The van der Waals surface area contributed by atoms with Crippen LogP contribution in [0.2, 0.25) is 0 Å². The van der Waals surface area contributed by atoms with Gasteiger partial charge < -0.3 is 29.4 Å². The molecule has 0 bridgehead atoms. The molecule has 0 fully saturated rings. The number of rotatable bonds is 8. The van der Waals surface area contributed by atoms with Crippen molar-refractivity contribution < 1.29 is 47.6 Å². The second kappa shape index (κ2) is 9.63. The first kappa shape index (κ1) is 24.0. The predicted molar refractivity (Wildman–Crippen MR) is 115 cm³/mol. The fourth-order valence-corrected chi connectivity index (χ4v) is 4.02. The Labute approximate surface area is 193 Å². The lowest BCUT2D eigenvalue weighted by Gasteiger charge is -2.21. The van der Waals surface area contributed by atoms with Gasteiger partial charge in [0.05, 0.1) is 24.3 Å². The van der Waals surface area contributed by atoms with Crippen molar-refractivity contribution in [2.24, 2.45) is 0 Å². The minimum Gasteiger partial charge on any atom is -0.480 e. The van der Waals surface area contributed by atoms with E-state index >= 15 is 0 Å². The first-order valence-electron chi connectivity index (χ1n) is 10.4. The van der Waals surface area contributed by atoms with Gasteiger partial charge in [0.2, 0.25) is 0 Å². The average Bonchev–Trinajstić information content (AvgIpc) is 3.33. The molecule has 0 aromatic heterocycles. The molecule has 0 unspecified atom stereocenters. The number of carbonyl (C=O) groups is 3. The lowest BCUT2D eigenvalue weighted by atomic mass is 9.78. The SMILES string of the molecule is O=C(O)CN(CCCC(=O)c1cc2c(cc1F)B(O)OC2)C(=O)c1cc2c(cc1F)B(O)OC2. The highest BCUT2D eigenvalue weighted by Gasteiger charge is 2.32. The molecule has 2 aliphatic heterocycles. The van der Waals surface area contributed by atoms with Gasteiger partial charge in [-0.1, -0.05) is 0 Å². The maximum Gasteiger partial charge on any atom is 0.491 e. The third kappa shape index (κ3) is 4.73. The summed E-state index contributed by atoms with van der Waals surface area (Å²) in [5, 5.41) is 28.5. The Bertz CT molecular complexity index is 1180. The van der Waals surface area contributed by atoms with Crippen molar-refractivity contribution in [1.29, 1.82) is 0 Å². The molecule has 2 aliphatic rings. The number of amides is 1. The van der Waals surface area contributed by atoms with E-state index in [1.807, 2.05) is 0 Å². The Hall–Kier alpha value is -3.12. The summed E-state index contributed by atoms with van der Waals surface area (Å²) in [6.07, 6.45) is -0.197. The van der Waals surface area contributed by atoms with Crippen LogP contribution < -0.4 is 10.9 Å². The molecule has 13 heteroatoms. The molecule has 0 atom stereocenters. The number of hydrogen-bond donors (Lipinski definition) is 3. The predicted octanol–water partition coefficient (Wildman–Crippen LogP) is -0.410. The highest BCUT2D eigenvalue weighted by Crippen LogP contribution is 2.19. The number of ketones is 1. The highest BCUT2D eigenvalue weighted by atomic mass is 19.1. The molecule has 3 N–H and O–H groups in total. The summed E-state index contributed by atoms with van der Waals surface area (Å²) in [6, 6.07) is 4.52. The largest absolute Gasteiger partial charge is 0.491 e. The molecule has 0 radical (unpaired) electrons. The second-order valence-corrected chi connectivity index (χ2v) is 8.04. The van der Waals surface area contributed by atoms with E-state index < -0.39 is 50.1 Å². The van der Waals surface area contributed by atoms with Crippen molar-refractivity contribution in [1.82, 2.24) is 4.90 Å². The summed E-state index contributed by atoms with van der Waals surface area (Å²) >= 11 is 0. The number of fused-ring (bicyclic) bond motifs is 2. The van der Waals surface area contributed by atoms with Gasteiger partial charge in [-0.2, -0.15) is 0 Å². The topological polar surface area (TPSA) is 134 Å². The number of carboxylic acids is 1. The minimum atomic E-state index is -1.33. The Kier molecular flexibility index (Phi) is 6.80. The zero-order valence-electron chi connectivity index (χ0n) is 17.8. The lowest BCUT2D eigenvalue weighted by molar-refractivity contribution is -0.137. The number of Topliss-reactive ketones (excluding diaryl/α,β-unsaturated/α-hetero) is 1. The summed E-state index contributed by atoms with van der Waals surface area (Å²) in [7, 11) is -2.55. The average molecular weight is 473 g/mol. The van der Waals surface area contributed by atoms with Gasteiger partial charge in [-0.05, 0) is 52.7 Å².